The van der Waals surface area contributed by atoms with Gasteiger partial charge in [0.1, 0.15) is 0 Å². The first-order valence-electron chi connectivity index (χ1n) is 8.61. The number of nitrogens with one attached hydrogen (secondary N) is 3. The third-order valence-electron chi connectivity index (χ3n) is 3.72. The van der Waals surface area contributed by atoms with Crippen LogP contribution in [0.2, 0.25) is 0 Å². The first-order chi connectivity index (χ1) is 12.1. The number of furan rings is 1. The van der Waals surface area contributed by atoms with Crippen molar-refractivity contribution in [2.45, 2.75) is 39.8 Å². The molecule has 1 unspecified atom stereocenters. The Balaban J connectivity index is 1.94. The van der Waals surface area contributed by atoms with Gasteiger partial charge in [-0.3, -0.25) is 4.79 Å². The highest BCUT2D eigenvalue weighted by molar-refractivity contribution is 6.02. The third kappa shape index (κ3) is 5.99. The molecule has 1 atom stereocenters. The highest BCUT2D eigenvalue weighted by atomic mass is 16.3. The number of benzene rings is 1. The van der Waals surface area contributed by atoms with Crippen LogP contribution in [-0.4, -0.2) is 24.5 Å². The number of guanidine groups is 1. The van der Waals surface area contributed by atoms with E-state index in [2.05, 4.69) is 34.8 Å². The van der Waals surface area contributed by atoms with Gasteiger partial charge in [0.15, 0.2) is 11.7 Å². The molecule has 134 valence electrons. The Hall–Kier alpha value is -2.76. The van der Waals surface area contributed by atoms with E-state index in [0.29, 0.717) is 18.3 Å². The van der Waals surface area contributed by atoms with Crippen molar-refractivity contribution in [2.24, 2.45) is 4.99 Å². The molecule has 1 aromatic carbocycles. The average Bonchev–Trinajstić information content (AvgIpc) is 3.15. The Morgan fingerprint density at radius 1 is 1.20 bits per heavy atom. The molecule has 0 aliphatic heterocycles. The molecule has 0 saturated carbocycles. The fourth-order valence-electron chi connectivity index (χ4n) is 2.12. The van der Waals surface area contributed by atoms with Crippen LogP contribution in [0.5, 0.6) is 0 Å². The number of nitrogens with zero attached hydrogens (tertiary/aromatic N) is 1. The van der Waals surface area contributed by atoms with Gasteiger partial charge in [0.2, 0.25) is 0 Å². The molecule has 6 nitrogen and oxygen atoms in total. The molecule has 0 fully saturated rings. The summed E-state index contributed by atoms with van der Waals surface area (Å²) in [6, 6.07) is 11.3. The van der Waals surface area contributed by atoms with Crippen LogP contribution in [0.4, 0.5) is 5.69 Å². The first kappa shape index (κ1) is 18.6. The SMILES string of the molecule is CCNC(=NCc1ccc(NC(=O)c2ccco2)cc1)NC(C)CC. The summed E-state index contributed by atoms with van der Waals surface area (Å²) in [5.41, 5.74) is 1.79. The molecule has 1 heterocycles. The first-order valence-corrected chi connectivity index (χ1v) is 8.61. The Bertz CT molecular complexity index is 678. The van der Waals surface area contributed by atoms with Gasteiger partial charge in [-0.25, -0.2) is 4.99 Å². The number of carbonyl (C=O) groups excluding carboxylic acids is 1. The van der Waals surface area contributed by atoms with Crippen molar-refractivity contribution in [2.75, 3.05) is 11.9 Å². The lowest BCUT2D eigenvalue weighted by molar-refractivity contribution is 0.0996. The number of carbonyl (C=O) groups is 1. The van der Waals surface area contributed by atoms with Gasteiger partial charge in [0.05, 0.1) is 12.8 Å². The second-order valence-corrected chi connectivity index (χ2v) is 5.78. The molecule has 2 aromatic rings. The minimum absolute atomic E-state index is 0.261. The molecule has 0 spiro atoms. The molecule has 0 radical (unpaired) electrons. The van der Waals surface area contributed by atoms with Crippen LogP contribution >= 0.6 is 0 Å². The maximum atomic E-state index is 11.9. The van der Waals surface area contributed by atoms with Crippen LogP contribution < -0.4 is 16.0 Å². The third-order valence-corrected chi connectivity index (χ3v) is 3.72. The quantitative estimate of drug-likeness (QED) is 0.532. The second-order valence-electron chi connectivity index (χ2n) is 5.78. The van der Waals surface area contributed by atoms with E-state index in [-0.39, 0.29) is 5.91 Å². The molecule has 6 heteroatoms. The van der Waals surface area contributed by atoms with Gasteiger partial charge in [-0.2, -0.15) is 0 Å². The Kier molecular flexibility index (Phi) is 7.07. The molecule has 0 saturated heterocycles. The smallest absolute Gasteiger partial charge is 0.291 e. The van der Waals surface area contributed by atoms with Crippen molar-refractivity contribution in [1.29, 1.82) is 0 Å². The largest absolute Gasteiger partial charge is 0.459 e. The van der Waals surface area contributed by atoms with Crippen molar-refractivity contribution in [3.8, 4) is 0 Å². The van der Waals surface area contributed by atoms with E-state index in [1.165, 1.54) is 6.26 Å². The molecule has 2 rings (SSSR count). The predicted molar refractivity (Wildman–Crippen MR) is 101 cm³/mol. The molecular formula is C19H26N4O2. The summed E-state index contributed by atoms with van der Waals surface area (Å²) >= 11 is 0. The summed E-state index contributed by atoms with van der Waals surface area (Å²) in [7, 11) is 0. The lowest BCUT2D eigenvalue weighted by Gasteiger charge is -2.16. The number of rotatable bonds is 7. The standard InChI is InChI=1S/C19H26N4O2/c1-4-14(3)22-19(20-5-2)21-13-15-8-10-16(11-9-15)23-18(24)17-7-6-12-25-17/h6-12,14H,4-5,13H2,1-3H3,(H,23,24)(H2,20,21,22). The molecule has 1 aromatic heterocycles. The van der Waals surface area contributed by atoms with Crippen LogP contribution in [0.3, 0.4) is 0 Å². The van der Waals surface area contributed by atoms with E-state index < -0.39 is 0 Å². The van der Waals surface area contributed by atoms with Crippen LogP contribution in [0, 0.1) is 0 Å². The summed E-state index contributed by atoms with van der Waals surface area (Å²) in [6.07, 6.45) is 2.51. The van der Waals surface area contributed by atoms with Crippen molar-refractivity contribution >= 4 is 17.6 Å². The number of amides is 1. The molecule has 0 aliphatic rings. The zero-order valence-electron chi connectivity index (χ0n) is 15.0. The highest BCUT2D eigenvalue weighted by Crippen LogP contribution is 2.12. The van der Waals surface area contributed by atoms with Gasteiger partial charge in [0.25, 0.3) is 5.91 Å². The summed E-state index contributed by atoms with van der Waals surface area (Å²) in [5, 5.41) is 9.40. The van der Waals surface area contributed by atoms with Crippen molar-refractivity contribution in [1.82, 2.24) is 10.6 Å². The minimum atomic E-state index is -0.261. The molecular weight excluding hydrogens is 316 g/mol. The zero-order chi connectivity index (χ0) is 18.1. The van der Waals surface area contributed by atoms with E-state index >= 15 is 0 Å². The number of hydrogen-bond donors (Lipinski definition) is 3. The second kappa shape index (κ2) is 9.52. The summed E-state index contributed by atoms with van der Waals surface area (Å²) in [4.78, 5) is 16.5. The number of anilines is 1. The normalized spacial score (nSPS) is 12.5. The lowest BCUT2D eigenvalue weighted by Crippen LogP contribution is -2.41. The maximum Gasteiger partial charge on any atom is 0.291 e. The molecule has 1 amide bonds. The molecule has 0 bridgehead atoms. The average molecular weight is 342 g/mol. The van der Waals surface area contributed by atoms with Gasteiger partial charge >= 0.3 is 0 Å². The highest BCUT2D eigenvalue weighted by Gasteiger charge is 2.08. The summed E-state index contributed by atoms with van der Waals surface area (Å²) in [6.45, 7) is 7.70. The number of hydrogen-bond acceptors (Lipinski definition) is 3. The summed E-state index contributed by atoms with van der Waals surface area (Å²) in [5.74, 6) is 0.843. The Labute approximate surface area is 148 Å². The van der Waals surface area contributed by atoms with Crippen LogP contribution in [0.25, 0.3) is 0 Å². The van der Waals surface area contributed by atoms with Crippen LogP contribution in [-0.2, 0) is 6.54 Å². The van der Waals surface area contributed by atoms with Gasteiger partial charge in [0, 0.05) is 18.3 Å². The fourth-order valence-corrected chi connectivity index (χ4v) is 2.12. The lowest BCUT2D eigenvalue weighted by atomic mass is 10.2. The van der Waals surface area contributed by atoms with Gasteiger partial charge in [-0.15, -0.1) is 0 Å². The topological polar surface area (TPSA) is 78.7 Å². The van der Waals surface area contributed by atoms with E-state index in [4.69, 9.17) is 4.42 Å². The molecule has 0 aliphatic carbocycles. The van der Waals surface area contributed by atoms with Crippen LogP contribution in [0.1, 0.15) is 43.3 Å². The summed E-state index contributed by atoms with van der Waals surface area (Å²) < 4.78 is 5.08. The van der Waals surface area contributed by atoms with Gasteiger partial charge in [-0.1, -0.05) is 19.1 Å². The molecule has 3 N–H and O–H groups in total. The predicted octanol–water partition coefficient (Wildman–Crippen LogP) is 3.39. The van der Waals surface area contributed by atoms with E-state index in [1.54, 1.807) is 12.1 Å². The molecule has 25 heavy (non-hydrogen) atoms. The monoisotopic (exact) mass is 342 g/mol. The van der Waals surface area contributed by atoms with E-state index in [1.807, 2.05) is 31.2 Å². The number of aliphatic imine (C=N–C) groups is 1. The van der Waals surface area contributed by atoms with Gasteiger partial charge < -0.3 is 20.4 Å². The van der Waals surface area contributed by atoms with E-state index in [9.17, 15) is 4.79 Å². The van der Waals surface area contributed by atoms with Crippen molar-refractivity contribution in [3.05, 3.63) is 54.0 Å². The van der Waals surface area contributed by atoms with Gasteiger partial charge in [-0.05, 0) is 50.1 Å². The minimum Gasteiger partial charge on any atom is -0.459 e. The maximum absolute atomic E-state index is 11.9. The zero-order valence-corrected chi connectivity index (χ0v) is 15.0. The Morgan fingerprint density at radius 2 is 1.96 bits per heavy atom. The fraction of sp³-hybridized carbons (Fsp3) is 0.368. The van der Waals surface area contributed by atoms with E-state index in [0.717, 1.165) is 30.2 Å². The van der Waals surface area contributed by atoms with Crippen molar-refractivity contribution < 1.29 is 9.21 Å². The van der Waals surface area contributed by atoms with Crippen molar-refractivity contribution in [3.63, 3.8) is 0 Å². The Morgan fingerprint density at radius 3 is 2.56 bits per heavy atom. The van der Waals surface area contributed by atoms with Crippen LogP contribution in [0.15, 0.2) is 52.1 Å².